The van der Waals surface area contributed by atoms with E-state index in [1.165, 1.54) is 5.56 Å². The van der Waals surface area contributed by atoms with E-state index in [1.807, 2.05) is 30.3 Å². The predicted molar refractivity (Wildman–Crippen MR) is 127 cm³/mol. The van der Waals surface area contributed by atoms with Gasteiger partial charge >= 0.3 is 0 Å². The Labute approximate surface area is 182 Å². The Balaban J connectivity index is 1.72. The molecule has 2 heterocycles. The molecule has 31 heavy (non-hydrogen) atoms. The molecule has 4 nitrogen and oxygen atoms in total. The number of ether oxygens (including phenoxy) is 1. The van der Waals surface area contributed by atoms with E-state index in [9.17, 15) is 4.79 Å². The number of benzene rings is 3. The Hall–Kier alpha value is -3.53. The zero-order chi connectivity index (χ0) is 21.8. The molecule has 0 bridgehead atoms. The maximum atomic E-state index is 12.7. The minimum atomic E-state index is 0.0104. The van der Waals surface area contributed by atoms with E-state index in [2.05, 4.69) is 61.4 Å². The molecule has 0 saturated heterocycles. The summed E-state index contributed by atoms with van der Waals surface area (Å²) in [5, 5.41) is 4.21. The van der Waals surface area contributed by atoms with Crippen LogP contribution in [-0.4, -0.2) is 18.0 Å². The van der Waals surface area contributed by atoms with Crippen LogP contribution in [0.15, 0.2) is 60.7 Å². The van der Waals surface area contributed by atoms with E-state index < -0.39 is 0 Å². The van der Waals surface area contributed by atoms with Gasteiger partial charge in [0, 0.05) is 16.5 Å². The maximum absolute atomic E-state index is 12.7. The molecular formula is C27H26N2O2. The SMILES string of the molecule is COc1cccc(-c2ccc3c(c2)-c2[nH]c4ccc(C(C)(C)C)cc4c2CC(=O)N3)c1. The van der Waals surface area contributed by atoms with Gasteiger partial charge in [0.2, 0.25) is 5.91 Å². The van der Waals surface area contributed by atoms with Crippen molar-refractivity contribution in [2.75, 3.05) is 12.4 Å². The summed E-state index contributed by atoms with van der Waals surface area (Å²) in [6.07, 6.45) is 0.353. The Morgan fingerprint density at radius 3 is 2.52 bits per heavy atom. The lowest BCUT2D eigenvalue weighted by molar-refractivity contribution is -0.115. The van der Waals surface area contributed by atoms with Crippen LogP contribution < -0.4 is 10.1 Å². The number of carbonyl (C=O) groups is 1. The van der Waals surface area contributed by atoms with Gasteiger partial charge in [0.15, 0.2) is 0 Å². The summed E-state index contributed by atoms with van der Waals surface area (Å²) in [6.45, 7) is 6.63. The van der Waals surface area contributed by atoms with Crippen LogP contribution in [0.3, 0.4) is 0 Å². The fourth-order valence-corrected chi connectivity index (χ4v) is 4.32. The number of carbonyl (C=O) groups excluding carboxylic acids is 1. The normalized spacial score (nSPS) is 13.4. The first-order valence-corrected chi connectivity index (χ1v) is 10.6. The first-order chi connectivity index (χ1) is 14.8. The molecule has 0 atom stereocenters. The van der Waals surface area contributed by atoms with E-state index in [-0.39, 0.29) is 11.3 Å². The molecule has 3 aromatic carbocycles. The van der Waals surface area contributed by atoms with Crippen molar-refractivity contribution in [1.29, 1.82) is 0 Å². The van der Waals surface area contributed by atoms with Crippen LogP contribution in [0.1, 0.15) is 31.9 Å². The first-order valence-electron chi connectivity index (χ1n) is 10.6. The molecule has 0 aliphatic carbocycles. The van der Waals surface area contributed by atoms with Crippen LogP contribution in [0.4, 0.5) is 5.69 Å². The summed E-state index contributed by atoms with van der Waals surface area (Å²) in [4.78, 5) is 16.3. The summed E-state index contributed by atoms with van der Waals surface area (Å²) in [7, 11) is 1.67. The number of anilines is 1. The van der Waals surface area contributed by atoms with Crippen LogP contribution in [0.2, 0.25) is 0 Å². The number of amides is 1. The van der Waals surface area contributed by atoms with Crippen molar-refractivity contribution in [1.82, 2.24) is 4.98 Å². The number of aromatic amines is 1. The van der Waals surface area contributed by atoms with Gasteiger partial charge in [-0.1, -0.05) is 45.0 Å². The molecule has 1 aliphatic heterocycles. The fourth-order valence-electron chi connectivity index (χ4n) is 4.32. The topological polar surface area (TPSA) is 54.1 Å². The number of H-pyrrole nitrogens is 1. The zero-order valence-electron chi connectivity index (χ0n) is 18.3. The monoisotopic (exact) mass is 410 g/mol. The summed E-state index contributed by atoms with van der Waals surface area (Å²) < 4.78 is 5.39. The van der Waals surface area contributed by atoms with Crippen molar-refractivity contribution in [2.45, 2.75) is 32.6 Å². The van der Waals surface area contributed by atoms with Gasteiger partial charge in [0.1, 0.15) is 5.75 Å². The maximum Gasteiger partial charge on any atom is 0.228 e. The highest BCUT2D eigenvalue weighted by atomic mass is 16.5. The van der Waals surface area contributed by atoms with Crippen LogP contribution in [-0.2, 0) is 16.6 Å². The van der Waals surface area contributed by atoms with E-state index in [0.29, 0.717) is 6.42 Å². The Morgan fingerprint density at radius 1 is 0.935 bits per heavy atom. The molecule has 1 aromatic heterocycles. The molecule has 0 fully saturated rings. The van der Waals surface area contributed by atoms with E-state index in [0.717, 1.165) is 50.3 Å². The second kappa shape index (κ2) is 7.02. The minimum absolute atomic E-state index is 0.0104. The predicted octanol–water partition coefficient (Wildman–Crippen LogP) is 6.30. The first kappa shape index (κ1) is 19.4. The third kappa shape index (κ3) is 3.38. The molecule has 4 heteroatoms. The average Bonchev–Trinajstić information content (AvgIpc) is 3.03. The van der Waals surface area contributed by atoms with Gasteiger partial charge in [0.25, 0.3) is 0 Å². The van der Waals surface area contributed by atoms with Crippen molar-refractivity contribution < 1.29 is 9.53 Å². The van der Waals surface area contributed by atoms with Crippen molar-refractivity contribution in [3.63, 3.8) is 0 Å². The molecule has 0 radical (unpaired) electrons. The zero-order valence-corrected chi connectivity index (χ0v) is 18.3. The number of fused-ring (bicyclic) bond motifs is 5. The molecule has 0 spiro atoms. The van der Waals surface area contributed by atoms with Crippen LogP contribution in [0.5, 0.6) is 5.75 Å². The van der Waals surface area contributed by atoms with Crippen molar-refractivity contribution in [2.24, 2.45) is 0 Å². The summed E-state index contributed by atoms with van der Waals surface area (Å²) in [6, 6.07) is 20.7. The largest absolute Gasteiger partial charge is 0.497 e. The van der Waals surface area contributed by atoms with Gasteiger partial charge < -0.3 is 15.0 Å². The number of nitrogens with one attached hydrogen (secondary N) is 2. The highest BCUT2D eigenvalue weighted by Crippen LogP contribution is 2.40. The van der Waals surface area contributed by atoms with Crippen LogP contribution in [0.25, 0.3) is 33.3 Å². The second-order valence-corrected chi connectivity index (χ2v) is 9.21. The molecule has 4 aromatic rings. The third-order valence-electron chi connectivity index (χ3n) is 6.08. The molecule has 2 N–H and O–H groups in total. The molecule has 156 valence electrons. The summed E-state index contributed by atoms with van der Waals surface area (Å²) in [5.74, 6) is 0.831. The van der Waals surface area contributed by atoms with Gasteiger partial charge in [-0.3, -0.25) is 4.79 Å². The quantitative estimate of drug-likeness (QED) is 0.407. The second-order valence-electron chi connectivity index (χ2n) is 9.21. The standard InChI is InChI=1S/C27H26N2O2/c1-27(2,3)18-9-11-23-20(14-18)21-15-25(30)28-24-10-8-17(13-22(24)26(21)29-23)16-6-5-7-19(12-16)31-4/h5-14,29H,15H2,1-4H3,(H,28,30). The van der Waals surface area contributed by atoms with Crippen LogP contribution in [0, 0.1) is 0 Å². The lowest BCUT2D eigenvalue weighted by Crippen LogP contribution is -2.13. The van der Waals surface area contributed by atoms with Crippen molar-refractivity contribution in [3.8, 4) is 28.1 Å². The number of hydrogen-bond donors (Lipinski definition) is 2. The highest BCUT2D eigenvalue weighted by Gasteiger charge is 2.24. The Kier molecular flexibility index (Phi) is 4.40. The number of aromatic nitrogens is 1. The minimum Gasteiger partial charge on any atom is -0.497 e. The molecule has 1 aliphatic rings. The fraction of sp³-hybridized carbons (Fsp3) is 0.222. The summed E-state index contributed by atoms with van der Waals surface area (Å²) >= 11 is 0. The van der Waals surface area contributed by atoms with E-state index >= 15 is 0 Å². The highest BCUT2D eigenvalue weighted by molar-refractivity contribution is 6.06. The smallest absolute Gasteiger partial charge is 0.228 e. The van der Waals surface area contributed by atoms with Gasteiger partial charge in [-0.25, -0.2) is 0 Å². The Bertz CT molecular complexity index is 1330. The van der Waals surface area contributed by atoms with Gasteiger partial charge in [-0.2, -0.15) is 0 Å². The molecule has 5 rings (SSSR count). The van der Waals surface area contributed by atoms with E-state index in [4.69, 9.17) is 4.74 Å². The number of hydrogen-bond acceptors (Lipinski definition) is 2. The molecular weight excluding hydrogens is 384 g/mol. The van der Waals surface area contributed by atoms with Gasteiger partial charge in [0.05, 0.1) is 24.9 Å². The lowest BCUT2D eigenvalue weighted by atomic mass is 9.86. The van der Waals surface area contributed by atoms with E-state index in [1.54, 1.807) is 7.11 Å². The number of rotatable bonds is 2. The molecule has 0 saturated carbocycles. The van der Waals surface area contributed by atoms with Crippen molar-refractivity contribution in [3.05, 3.63) is 71.8 Å². The molecule has 1 amide bonds. The average molecular weight is 411 g/mol. The summed E-state index contributed by atoms with van der Waals surface area (Å²) in [5.41, 5.74) is 8.43. The van der Waals surface area contributed by atoms with Gasteiger partial charge in [-0.15, -0.1) is 0 Å². The van der Waals surface area contributed by atoms with Gasteiger partial charge in [-0.05, 0) is 64.1 Å². The molecule has 0 unspecified atom stereocenters. The lowest BCUT2D eigenvalue weighted by Gasteiger charge is -2.19. The third-order valence-corrected chi connectivity index (χ3v) is 6.08. The Morgan fingerprint density at radius 2 is 1.74 bits per heavy atom. The number of methoxy groups -OCH3 is 1. The van der Waals surface area contributed by atoms with Crippen LogP contribution >= 0.6 is 0 Å². The van der Waals surface area contributed by atoms with Crippen molar-refractivity contribution >= 4 is 22.5 Å².